The number of amides is 1. The van der Waals surface area contributed by atoms with E-state index in [4.69, 9.17) is 5.84 Å². The Labute approximate surface area is 113 Å². The molecule has 1 fully saturated rings. The van der Waals surface area contributed by atoms with Gasteiger partial charge in [0.05, 0.1) is 0 Å². The molecule has 104 valence electrons. The van der Waals surface area contributed by atoms with Crippen molar-refractivity contribution in [2.24, 2.45) is 11.8 Å². The number of anilines is 1. The molecular weight excluding hydrogens is 242 g/mol. The van der Waals surface area contributed by atoms with Crippen molar-refractivity contribution in [3.8, 4) is 0 Å². The van der Waals surface area contributed by atoms with Crippen LogP contribution in [0.1, 0.15) is 42.4 Å². The van der Waals surface area contributed by atoms with Crippen molar-refractivity contribution < 1.29 is 4.79 Å². The molecule has 1 saturated heterocycles. The van der Waals surface area contributed by atoms with Crippen LogP contribution in [0, 0.1) is 12.8 Å². The van der Waals surface area contributed by atoms with E-state index in [1.54, 1.807) is 6.07 Å². The summed E-state index contributed by atoms with van der Waals surface area (Å²) in [5.41, 5.74) is 3.54. The number of nitrogen functional groups attached to an aromatic ring is 1. The van der Waals surface area contributed by atoms with Gasteiger partial charge in [-0.25, -0.2) is 15.8 Å². The molecule has 6 heteroatoms. The number of hydrogen-bond acceptors (Lipinski definition) is 5. The highest BCUT2D eigenvalue weighted by molar-refractivity contribution is 5.92. The van der Waals surface area contributed by atoms with Crippen molar-refractivity contribution >= 4 is 11.9 Å². The summed E-state index contributed by atoms with van der Waals surface area (Å²) in [5.74, 6) is 6.19. The van der Waals surface area contributed by atoms with Gasteiger partial charge in [-0.3, -0.25) is 10.2 Å². The van der Waals surface area contributed by atoms with E-state index in [1.807, 2.05) is 11.8 Å². The molecule has 6 nitrogen and oxygen atoms in total. The Bertz CT molecular complexity index is 462. The highest BCUT2D eigenvalue weighted by Gasteiger charge is 2.27. The quantitative estimate of drug-likeness (QED) is 0.632. The zero-order valence-corrected chi connectivity index (χ0v) is 11.5. The third-order valence-electron chi connectivity index (χ3n) is 3.47. The minimum absolute atomic E-state index is 0.0272. The summed E-state index contributed by atoms with van der Waals surface area (Å²) >= 11 is 0. The van der Waals surface area contributed by atoms with E-state index >= 15 is 0 Å². The molecule has 2 heterocycles. The zero-order chi connectivity index (χ0) is 13.8. The molecule has 1 atom stereocenters. The highest BCUT2D eigenvalue weighted by atomic mass is 16.2. The summed E-state index contributed by atoms with van der Waals surface area (Å²) in [6.07, 6.45) is 3.44. The fourth-order valence-corrected chi connectivity index (χ4v) is 2.57. The number of nitrogens with one attached hydrogen (secondary N) is 1. The minimum Gasteiger partial charge on any atom is -0.337 e. The predicted octanol–water partition coefficient (Wildman–Crippen LogP) is 1.33. The van der Waals surface area contributed by atoms with E-state index in [-0.39, 0.29) is 11.9 Å². The van der Waals surface area contributed by atoms with E-state index in [1.165, 1.54) is 12.8 Å². The molecule has 1 aromatic rings. The largest absolute Gasteiger partial charge is 0.337 e. The number of likely N-dealkylation sites (tertiary alicyclic amines) is 1. The van der Waals surface area contributed by atoms with Crippen LogP contribution in [0.25, 0.3) is 0 Å². The topological polar surface area (TPSA) is 84.1 Å². The van der Waals surface area contributed by atoms with Crippen LogP contribution < -0.4 is 11.3 Å². The molecule has 19 heavy (non-hydrogen) atoms. The van der Waals surface area contributed by atoms with Crippen LogP contribution in [-0.2, 0) is 0 Å². The molecule has 0 radical (unpaired) electrons. The number of hydrazine groups is 1. The Morgan fingerprint density at radius 2 is 2.37 bits per heavy atom. The lowest BCUT2D eigenvalue weighted by molar-refractivity contribution is 0.0780. The maximum Gasteiger partial charge on any atom is 0.272 e. The Morgan fingerprint density at radius 1 is 1.58 bits per heavy atom. The lowest BCUT2D eigenvalue weighted by Crippen LogP contribution is -2.30. The lowest BCUT2D eigenvalue weighted by Gasteiger charge is -2.16. The number of rotatable bonds is 4. The first-order chi connectivity index (χ1) is 9.13. The number of carbonyl (C=O) groups excluding carboxylic acids is 1. The Hall–Kier alpha value is -1.69. The normalized spacial score (nSPS) is 18.7. The third kappa shape index (κ3) is 3.20. The first-order valence-electron chi connectivity index (χ1n) is 6.75. The summed E-state index contributed by atoms with van der Waals surface area (Å²) in [7, 11) is 0. The monoisotopic (exact) mass is 263 g/mol. The average molecular weight is 263 g/mol. The van der Waals surface area contributed by atoms with Gasteiger partial charge in [0.25, 0.3) is 5.91 Å². The van der Waals surface area contributed by atoms with Crippen molar-refractivity contribution in [1.82, 2.24) is 14.9 Å². The summed E-state index contributed by atoms with van der Waals surface area (Å²) in [6, 6.07) is 1.70. The molecule has 0 aromatic carbocycles. The second kappa shape index (κ2) is 5.97. The van der Waals surface area contributed by atoms with Gasteiger partial charge in [0.15, 0.2) is 0 Å². The second-order valence-corrected chi connectivity index (χ2v) is 5.06. The molecule has 0 spiro atoms. The Balaban J connectivity index is 2.10. The Kier molecular flexibility index (Phi) is 4.31. The molecule has 0 aliphatic carbocycles. The van der Waals surface area contributed by atoms with Crippen LogP contribution in [0.2, 0.25) is 0 Å². The SMILES string of the molecule is CCCC1CCN(C(=O)c2cc(C)nc(NN)n2)C1. The first kappa shape index (κ1) is 13.7. The van der Waals surface area contributed by atoms with E-state index in [0.717, 1.165) is 25.2 Å². The van der Waals surface area contributed by atoms with Crippen LogP contribution >= 0.6 is 0 Å². The van der Waals surface area contributed by atoms with Crippen LogP contribution in [0.3, 0.4) is 0 Å². The van der Waals surface area contributed by atoms with Gasteiger partial charge in [-0.1, -0.05) is 13.3 Å². The van der Waals surface area contributed by atoms with Crippen molar-refractivity contribution in [2.75, 3.05) is 18.5 Å². The maximum atomic E-state index is 12.4. The van der Waals surface area contributed by atoms with Gasteiger partial charge >= 0.3 is 0 Å². The van der Waals surface area contributed by atoms with Crippen molar-refractivity contribution in [2.45, 2.75) is 33.1 Å². The third-order valence-corrected chi connectivity index (χ3v) is 3.47. The van der Waals surface area contributed by atoms with Crippen LogP contribution in [-0.4, -0.2) is 33.9 Å². The van der Waals surface area contributed by atoms with E-state index in [0.29, 0.717) is 11.6 Å². The standard InChI is InChI=1S/C13H21N5O/c1-3-4-10-5-6-18(8-10)12(19)11-7-9(2)15-13(16-11)17-14/h7,10H,3-6,8,14H2,1-2H3,(H,15,16,17). The predicted molar refractivity (Wildman–Crippen MR) is 73.5 cm³/mol. The van der Waals surface area contributed by atoms with Gasteiger partial charge in [0, 0.05) is 18.8 Å². The number of hydrogen-bond donors (Lipinski definition) is 2. The molecule has 1 aromatic heterocycles. The molecule has 1 aliphatic heterocycles. The van der Waals surface area contributed by atoms with Crippen LogP contribution in [0.4, 0.5) is 5.95 Å². The Morgan fingerprint density at radius 3 is 3.05 bits per heavy atom. The van der Waals surface area contributed by atoms with Crippen molar-refractivity contribution in [1.29, 1.82) is 0 Å². The summed E-state index contributed by atoms with van der Waals surface area (Å²) < 4.78 is 0. The van der Waals surface area contributed by atoms with Gasteiger partial charge in [-0.2, -0.15) is 0 Å². The molecule has 3 N–H and O–H groups in total. The van der Waals surface area contributed by atoms with Crippen LogP contribution in [0.5, 0.6) is 0 Å². The number of aryl methyl sites for hydroxylation is 1. The van der Waals surface area contributed by atoms with E-state index in [2.05, 4.69) is 22.3 Å². The number of nitrogens with zero attached hydrogens (tertiary/aromatic N) is 3. The molecular formula is C13H21N5O. The fraction of sp³-hybridized carbons (Fsp3) is 0.615. The van der Waals surface area contributed by atoms with Gasteiger partial charge < -0.3 is 4.90 Å². The summed E-state index contributed by atoms with van der Waals surface area (Å²) in [4.78, 5) is 22.5. The van der Waals surface area contributed by atoms with Gasteiger partial charge in [-0.05, 0) is 31.7 Å². The molecule has 0 saturated carbocycles. The number of aromatic nitrogens is 2. The highest BCUT2D eigenvalue weighted by Crippen LogP contribution is 2.22. The van der Waals surface area contributed by atoms with Crippen molar-refractivity contribution in [3.63, 3.8) is 0 Å². The van der Waals surface area contributed by atoms with Crippen LogP contribution in [0.15, 0.2) is 6.07 Å². The summed E-state index contributed by atoms with van der Waals surface area (Å²) in [5, 5.41) is 0. The molecule has 1 amide bonds. The van der Waals surface area contributed by atoms with E-state index in [9.17, 15) is 4.79 Å². The van der Waals surface area contributed by atoms with Gasteiger partial charge in [0.1, 0.15) is 5.69 Å². The second-order valence-electron chi connectivity index (χ2n) is 5.06. The molecule has 0 bridgehead atoms. The molecule has 2 rings (SSSR count). The minimum atomic E-state index is -0.0272. The van der Waals surface area contributed by atoms with Gasteiger partial charge in [0.2, 0.25) is 5.95 Å². The first-order valence-corrected chi connectivity index (χ1v) is 6.75. The maximum absolute atomic E-state index is 12.4. The summed E-state index contributed by atoms with van der Waals surface area (Å²) in [6.45, 7) is 5.65. The smallest absolute Gasteiger partial charge is 0.272 e. The molecule has 1 unspecified atom stereocenters. The lowest BCUT2D eigenvalue weighted by atomic mass is 10.0. The zero-order valence-electron chi connectivity index (χ0n) is 11.5. The number of nitrogens with two attached hydrogens (primary N) is 1. The number of carbonyl (C=O) groups is 1. The molecule has 1 aliphatic rings. The fourth-order valence-electron chi connectivity index (χ4n) is 2.57. The van der Waals surface area contributed by atoms with Crippen molar-refractivity contribution in [3.05, 3.63) is 17.5 Å². The van der Waals surface area contributed by atoms with E-state index < -0.39 is 0 Å². The average Bonchev–Trinajstić information content (AvgIpc) is 2.86. The van der Waals surface area contributed by atoms with Gasteiger partial charge in [-0.15, -0.1) is 0 Å².